The van der Waals surface area contributed by atoms with E-state index in [1.54, 1.807) is 0 Å². The van der Waals surface area contributed by atoms with Gasteiger partial charge in [0.2, 0.25) is 5.95 Å². The van der Waals surface area contributed by atoms with Crippen molar-refractivity contribution < 1.29 is 0 Å². The van der Waals surface area contributed by atoms with Crippen molar-refractivity contribution in [1.29, 1.82) is 0 Å². The van der Waals surface area contributed by atoms with Crippen LogP contribution in [-0.4, -0.2) is 34.1 Å². The normalized spacial score (nSPS) is 34.6. The van der Waals surface area contributed by atoms with Gasteiger partial charge in [0.25, 0.3) is 0 Å². The Bertz CT molecular complexity index is 363. The summed E-state index contributed by atoms with van der Waals surface area (Å²) in [7, 11) is 0. The van der Waals surface area contributed by atoms with Crippen molar-refractivity contribution in [3.05, 3.63) is 11.9 Å². The number of hydrogen-bond acceptors (Lipinski definition) is 3. The van der Waals surface area contributed by atoms with Crippen LogP contribution in [0.2, 0.25) is 0 Å². The van der Waals surface area contributed by atoms with Gasteiger partial charge in [0.15, 0.2) is 0 Å². The average molecular weight is 206 g/mol. The number of nitrogens with zero attached hydrogens (tertiary/aromatic N) is 3. The maximum Gasteiger partial charge on any atom is 0.200 e. The molecule has 1 unspecified atom stereocenters. The Balaban J connectivity index is 1.91. The van der Waals surface area contributed by atoms with Gasteiger partial charge < -0.3 is 15.2 Å². The number of fused-ring (bicyclic) bond motifs is 3. The highest BCUT2D eigenvalue weighted by molar-refractivity contribution is 5.23. The van der Waals surface area contributed by atoms with Gasteiger partial charge >= 0.3 is 0 Å². The highest BCUT2D eigenvalue weighted by Gasteiger charge is 2.35. The van der Waals surface area contributed by atoms with E-state index in [4.69, 9.17) is 5.73 Å². The molecule has 0 amide bonds. The Morgan fingerprint density at radius 1 is 1.40 bits per heavy atom. The molecule has 0 aliphatic carbocycles. The summed E-state index contributed by atoms with van der Waals surface area (Å²) in [6.45, 7) is 5.71. The molecule has 0 radical (unpaired) electrons. The van der Waals surface area contributed by atoms with Crippen LogP contribution in [0.4, 0.5) is 5.95 Å². The summed E-state index contributed by atoms with van der Waals surface area (Å²) in [6.07, 6.45) is 4.74. The first kappa shape index (κ1) is 9.21. The molecule has 0 spiro atoms. The maximum absolute atomic E-state index is 5.94. The van der Waals surface area contributed by atoms with E-state index in [1.165, 1.54) is 25.9 Å². The molecule has 1 atom stereocenters. The molecule has 3 aliphatic heterocycles. The van der Waals surface area contributed by atoms with Crippen molar-refractivity contribution in [1.82, 2.24) is 14.5 Å². The maximum atomic E-state index is 5.94. The first-order valence-electron chi connectivity index (χ1n) is 5.77. The van der Waals surface area contributed by atoms with Gasteiger partial charge in [-0.2, -0.15) is 0 Å². The van der Waals surface area contributed by atoms with Gasteiger partial charge in [-0.05, 0) is 38.8 Å². The predicted octanol–water partition coefficient (Wildman–Crippen LogP) is 1.04. The minimum absolute atomic E-state index is 0.564. The second kappa shape index (κ2) is 3.23. The fourth-order valence-electron chi connectivity index (χ4n) is 3.05. The molecule has 1 aromatic heterocycles. The Labute approximate surface area is 90.1 Å². The van der Waals surface area contributed by atoms with Gasteiger partial charge in [0, 0.05) is 12.7 Å². The third-order valence-corrected chi connectivity index (χ3v) is 3.86. The molecular weight excluding hydrogens is 188 g/mol. The molecule has 3 fully saturated rings. The fourth-order valence-corrected chi connectivity index (χ4v) is 3.05. The van der Waals surface area contributed by atoms with E-state index in [2.05, 4.69) is 20.6 Å². The zero-order valence-corrected chi connectivity index (χ0v) is 9.19. The van der Waals surface area contributed by atoms with Crippen LogP contribution in [-0.2, 0) is 0 Å². The Morgan fingerprint density at radius 3 is 2.60 bits per heavy atom. The Kier molecular flexibility index (Phi) is 1.99. The lowest BCUT2D eigenvalue weighted by atomic mass is 9.84. The molecule has 82 valence electrons. The number of anilines is 1. The number of nitrogen functional groups attached to an aromatic ring is 1. The molecule has 2 bridgehead atoms. The molecule has 4 rings (SSSR count). The first-order valence-corrected chi connectivity index (χ1v) is 5.77. The Morgan fingerprint density at radius 2 is 2.13 bits per heavy atom. The van der Waals surface area contributed by atoms with Crippen LogP contribution in [0.1, 0.15) is 24.6 Å². The summed E-state index contributed by atoms with van der Waals surface area (Å²) in [5.74, 6) is 1.50. The fraction of sp³-hybridized carbons (Fsp3) is 0.727. The summed E-state index contributed by atoms with van der Waals surface area (Å²) >= 11 is 0. The van der Waals surface area contributed by atoms with Crippen LogP contribution in [0.15, 0.2) is 6.20 Å². The van der Waals surface area contributed by atoms with Crippen LogP contribution in [0.5, 0.6) is 0 Å². The second-order valence-corrected chi connectivity index (χ2v) is 4.85. The number of nitrogens with two attached hydrogens (primary N) is 1. The molecular formula is C11H18N4. The van der Waals surface area contributed by atoms with Crippen molar-refractivity contribution >= 4 is 5.95 Å². The van der Waals surface area contributed by atoms with E-state index in [9.17, 15) is 0 Å². The van der Waals surface area contributed by atoms with E-state index in [-0.39, 0.29) is 0 Å². The standard InChI is InChI=1S/C11H18N4/c1-8-6-15(11(12)13-8)10-7-14-4-2-9(10)3-5-14/h6,9-10H,2-5,7H2,1H3,(H2,12,13). The van der Waals surface area contributed by atoms with Crippen molar-refractivity contribution in [2.45, 2.75) is 25.8 Å². The smallest absolute Gasteiger partial charge is 0.200 e. The quantitative estimate of drug-likeness (QED) is 0.747. The lowest BCUT2D eigenvalue weighted by molar-refractivity contribution is 0.0580. The van der Waals surface area contributed by atoms with Crippen LogP contribution >= 0.6 is 0 Å². The minimum Gasteiger partial charge on any atom is -0.369 e. The predicted molar refractivity (Wildman–Crippen MR) is 59.6 cm³/mol. The molecule has 4 nitrogen and oxygen atoms in total. The zero-order chi connectivity index (χ0) is 10.4. The number of imidazole rings is 1. The van der Waals surface area contributed by atoms with E-state index in [1.807, 2.05) is 6.92 Å². The van der Waals surface area contributed by atoms with Crippen LogP contribution in [0, 0.1) is 12.8 Å². The lowest BCUT2D eigenvalue weighted by Crippen LogP contribution is -2.48. The largest absolute Gasteiger partial charge is 0.369 e. The van der Waals surface area contributed by atoms with Crippen molar-refractivity contribution in [3.8, 4) is 0 Å². The highest BCUT2D eigenvalue weighted by atomic mass is 15.2. The summed E-state index contributed by atoms with van der Waals surface area (Å²) < 4.78 is 2.19. The van der Waals surface area contributed by atoms with Gasteiger partial charge in [0.1, 0.15) is 0 Å². The molecule has 4 heteroatoms. The molecule has 3 saturated heterocycles. The molecule has 2 N–H and O–H groups in total. The lowest BCUT2D eigenvalue weighted by Gasteiger charge is -2.45. The summed E-state index contributed by atoms with van der Waals surface area (Å²) in [4.78, 5) is 6.83. The highest BCUT2D eigenvalue weighted by Crippen LogP contribution is 2.36. The summed E-state index contributed by atoms with van der Waals surface area (Å²) in [6, 6.07) is 0.564. The summed E-state index contributed by atoms with van der Waals surface area (Å²) in [5.41, 5.74) is 6.97. The Hall–Kier alpha value is -1.03. The van der Waals surface area contributed by atoms with Crippen LogP contribution in [0.3, 0.4) is 0 Å². The van der Waals surface area contributed by atoms with Crippen LogP contribution in [0.25, 0.3) is 0 Å². The first-order chi connectivity index (χ1) is 7.24. The van der Waals surface area contributed by atoms with E-state index in [0.717, 1.165) is 18.2 Å². The van der Waals surface area contributed by atoms with Gasteiger partial charge in [-0.15, -0.1) is 0 Å². The van der Waals surface area contributed by atoms with Crippen molar-refractivity contribution in [3.63, 3.8) is 0 Å². The van der Waals surface area contributed by atoms with E-state index >= 15 is 0 Å². The van der Waals surface area contributed by atoms with Crippen LogP contribution < -0.4 is 5.73 Å². The third kappa shape index (κ3) is 1.44. The zero-order valence-electron chi connectivity index (χ0n) is 9.19. The molecule has 1 aromatic rings. The number of aryl methyl sites for hydroxylation is 1. The third-order valence-electron chi connectivity index (χ3n) is 3.86. The molecule has 4 heterocycles. The number of aromatic nitrogens is 2. The number of hydrogen-bond donors (Lipinski definition) is 1. The van der Waals surface area contributed by atoms with Gasteiger partial charge in [-0.3, -0.25) is 0 Å². The summed E-state index contributed by atoms with van der Waals surface area (Å²) in [5, 5.41) is 0. The number of piperidine rings is 3. The van der Waals surface area contributed by atoms with Gasteiger partial charge in [0.05, 0.1) is 11.7 Å². The average Bonchev–Trinajstić information content (AvgIpc) is 2.59. The van der Waals surface area contributed by atoms with Gasteiger partial charge in [-0.1, -0.05) is 0 Å². The minimum atomic E-state index is 0.564. The second-order valence-electron chi connectivity index (χ2n) is 4.85. The number of rotatable bonds is 1. The molecule has 3 aliphatic rings. The topological polar surface area (TPSA) is 47.1 Å². The van der Waals surface area contributed by atoms with E-state index < -0.39 is 0 Å². The van der Waals surface area contributed by atoms with Crippen molar-refractivity contribution in [2.24, 2.45) is 5.92 Å². The monoisotopic (exact) mass is 206 g/mol. The van der Waals surface area contributed by atoms with Gasteiger partial charge in [-0.25, -0.2) is 4.98 Å². The molecule has 0 saturated carbocycles. The molecule has 15 heavy (non-hydrogen) atoms. The van der Waals surface area contributed by atoms with Crippen molar-refractivity contribution in [2.75, 3.05) is 25.4 Å². The van der Waals surface area contributed by atoms with E-state index in [0.29, 0.717) is 12.0 Å². The SMILES string of the molecule is Cc1cn(C2CN3CCC2CC3)c(N)n1. The molecule has 0 aromatic carbocycles.